The van der Waals surface area contributed by atoms with Crippen molar-refractivity contribution < 1.29 is 28.8 Å². The number of aromatic nitrogens is 5. The van der Waals surface area contributed by atoms with Crippen LogP contribution in [0.4, 0.5) is 11.5 Å². The van der Waals surface area contributed by atoms with Crippen LogP contribution in [0.15, 0.2) is 49.1 Å². The molecule has 18 heteroatoms. The summed E-state index contributed by atoms with van der Waals surface area (Å²) in [6.07, 6.45) is 8.85. The number of hydrogen-bond acceptors (Lipinski definition) is 13. The average molecular weight is 817 g/mol. The molecule has 4 fully saturated rings. The van der Waals surface area contributed by atoms with Gasteiger partial charge in [-0.2, -0.15) is 0 Å². The number of carbonyl (C=O) groups excluding carboxylic acids is 6. The number of aryl methyl sites for hydroxylation is 1. The van der Waals surface area contributed by atoms with E-state index in [1.807, 2.05) is 30.3 Å². The number of nitrogens with one attached hydrogen (secondary N) is 4. The maximum Gasteiger partial charge on any atom is 0.270 e. The Morgan fingerprint density at radius 3 is 2.42 bits per heavy atom. The number of likely N-dealkylation sites (tertiary alicyclic amines) is 2. The number of imide groups is 2. The lowest BCUT2D eigenvalue weighted by Crippen LogP contribution is -2.54. The summed E-state index contributed by atoms with van der Waals surface area (Å²) >= 11 is 0. The SMILES string of the molecule is Cc1cccc(C(=O)NC2CC(n3cnc4c(NC5CCN(CC6CCN(C(=O)CNc7cccc8c7C(=O)N([C@H]7CCC(=O)NC7=O)C8=O)CC6)CC5)ncnc43)C2)n1. The molecule has 0 bridgehead atoms. The number of amides is 6. The normalized spacial score (nSPS) is 22.7. The van der Waals surface area contributed by atoms with Crippen LogP contribution in [0.3, 0.4) is 0 Å². The Balaban J connectivity index is 0.708. The van der Waals surface area contributed by atoms with Gasteiger partial charge in [-0.25, -0.2) is 19.9 Å². The van der Waals surface area contributed by atoms with Crippen LogP contribution in [0, 0.1) is 12.8 Å². The van der Waals surface area contributed by atoms with Gasteiger partial charge in [-0.1, -0.05) is 12.1 Å². The van der Waals surface area contributed by atoms with Gasteiger partial charge >= 0.3 is 0 Å². The van der Waals surface area contributed by atoms with Crippen LogP contribution in [0.25, 0.3) is 11.2 Å². The standard InChI is InChI=1S/C42H48N12O6/c1-24-4-2-7-31(47-24)39(57)49-27-18-28(19-27)53-23-46-36-37(44-22-45-38(36)53)48-26-12-14-51(15-13-26)21-25-10-16-52(17-11-25)34(56)20-43-30-6-3-5-29-35(30)42(60)54(41(29)59)32-8-9-33(55)50-40(32)58/h2-7,22-23,25-28,32,43H,8-21H2,1H3,(H,49,57)(H,44,45,48)(H,50,55,58)/t27?,28?,32-/m0/s1. The van der Waals surface area contributed by atoms with Crippen LogP contribution in [0.2, 0.25) is 0 Å². The zero-order valence-electron chi connectivity index (χ0n) is 33.4. The molecule has 4 aliphatic heterocycles. The molecule has 7 heterocycles. The number of piperidine rings is 3. The Hall–Kier alpha value is -6.30. The van der Waals surface area contributed by atoms with Gasteiger partial charge in [-0.05, 0) is 82.1 Å². The highest BCUT2D eigenvalue weighted by Gasteiger charge is 2.46. The van der Waals surface area contributed by atoms with Gasteiger partial charge in [0.2, 0.25) is 17.7 Å². The van der Waals surface area contributed by atoms with E-state index in [-0.39, 0.29) is 60.5 Å². The second kappa shape index (κ2) is 16.4. The molecule has 5 aliphatic rings. The molecule has 1 aromatic carbocycles. The van der Waals surface area contributed by atoms with Crippen molar-refractivity contribution in [1.29, 1.82) is 0 Å². The van der Waals surface area contributed by atoms with E-state index in [1.165, 1.54) is 6.07 Å². The maximum absolute atomic E-state index is 13.4. The molecule has 0 unspecified atom stereocenters. The summed E-state index contributed by atoms with van der Waals surface area (Å²) in [5.41, 5.74) is 3.45. The number of pyridine rings is 1. The van der Waals surface area contributed by atoms with E-state index >= 15 is 0 Å². The lowest BCUT2D eigenvalue weighted by atomic mass is 9.86. The first-order valence-electron chi connectivity index (χ1n) is 20.9. The van der Waals surface area contributed by atoms with Crippen LogP contribution >= 0.6 is 0 Å². The van der Waals surface area contributed by atoms with Gasteiger partial charge in [0.1, 0.15) is 23.6 Å². The smallest absolute Gasteiger partial charge is 0.270 e. The summed E-state index contributed by atoms with van der Waals surface area (Å²) < 4.78 is 2.09. The van der Waals surface area contributed by atoms with Gasteiger partial charge in [0.05, 0.1) is 24.0 Å². The molecule has 1 atom stereocenters. The molecule has 1 saturated carbocycles. The van der Waals surface area contributed by atoms with Crippen LogP contribution in [-0.2, 0) is 14.4 Å². The third kappa shape index (κ3) is 7.78. The van der Waals surface area contributed by atoms with Crippen LogP contribution in [0.5, 0.6) is 0 Å². The Labute approximate surface area is 345 Å². The topological polar surface area (TPSA) is 217 Å². The summed E-state index contributed by atoms with van der Waals surface area (Å²) in [5, 5.41) is 12.0. The quantitative estimate of drug-likeness (QED) is 0.160. The highest BCUT2D eigenvalue weighted by Crippen LogP contribution is 2.36. The number of anilines is 2. The van der Waals surface area contributed by atoms with Gasteiger partial charge in [0.25, 0.3) is 17.7 Å². The molecule has 4 aromatic rings. The van der Waals surface area contributed by atoms with E-state index in [0.29, 0.717) is 30.4 Å². The van der Waals surface area contributed by atoms with Crippen molar-refractivity contribution in [3.8, 4) is 0 Å². The first-order valence-corrected chi connectivity index (χ1v) is 20.9. The molecule has 18 nitrogen and oxygen atoms in total. The van der Waals surface area contributed by atoms with Gasteiger partial charge in [0, 0.05) is 68.7 Å². The van der Waals surface area contributed by atoms with Crippen LogP contribution in [-0.4, -0.2) is 132 Å². The van der Waals surface area contributed by atoms with Crippen molar-refractivity contribution in [3.63, 3.8) is 0 Å². The highest BCUT2D eigenvalue weighted by molar-refractivity contribution is 6.25. The monoisotopic (exact) mass is 816 g/mol. The fraction of sp³-hybridized carbons (Fsp3) is 0.476. The summed E-state index contributed by atoms with van der Waals surface area (Å²) in [6, 6.07) is 9.73. The number of rotatable bonds is 11. The molecule has 1 aliphatic carbocycles. The maximum atomic E-state index is 13.4. The van der Waals surface area contributed by atoms with Gasteiger partial charge in [0.15, 0.2) is 11.5 Å². The van der Waals surface area contributed by atoms with Crippen molar-refractivity contribution in [2.45, 2.75) is 82.5 Å². The Morgan fingerprint density at radius 1 is 0.867 bits per heavy atom. The molecular formula is C42H48N12O6. The molecule has 4 N–H and O–H groups in total. The highest BCUT2D eigenvalue weighted by atomic mass is 16.2. The number of fused-ring (bicyclic) bond motifs is 2. The molecule has 60 heavy (non-hydrogen) atoms. The first-order chi connectivity index (χ1) is 29.1. The average Bonchev–Trinajstić information content (AvgIpc) is 3.77. The van der Waals surface area contributed by atoms with Crippen LogP contribution in [0.1, 0.15) is 94.3 Å². The Kier molecular flexibility index (Phi) is 10.7. The predicted octanol–water partition coefficient (Wildman–Crippen LogP) is 2.29. The summed E-state index contributed by atoms with van der Waals surface area (Å²) in [6.45, 7) is 6.03. The molecule has 6 amide bonds. The fourth-order valence-corrected chi connectivity index (χ4v) is 9.21. The largest absolute Gasteiger partial charge is 0.375 e. The second-order valence-corrected chi connectivity index (χ2v) is 16.6. The van der Waals surface area contributed by atoms with Gasteiger partial charge in [-0.3, -0.25) is 39.0 Å². The van der Waals surface area contributed by atoms with Crippen molar-refractivity contribution in [2.75, 3.05) is 49.9 Å². The number of benzene rings is 1. The van der Waals surface area contributed by atoms with Crippen molar-refractivity contribution in [3.05, 3.63) is 71.6 Å². The third-order valence-electron chi connectivity index (χ3n) is 12.6. The molecule has 0 spiro atoms. The lowest BCUT2D eigenvalue weighted by Gasteiger charge is -2.38. The van der Waals surface area contributed by atoms with E-state index in [2.05, 4.69) is 45.7 Å². The minimum atomic E-state index is -1.05. The summed E-state index contributed by atoms with van der Waals surface area (Å²) in [4.78, 5) is 100. The van der Waals surface area contributed by atoms with Gasteiger partial charge < -0.3 is 30.3 Å². The molecule has 312 valence electrons. The molecule has 3 saturated heterocycles. The van der Waals surface area contributed by atoms with Crippen molar-refractivity contribution in [1.82, 2.24) is 49.8 Å². The Morgan fingerprint density at radius 2 is 1.65 bits per heavy atom. The zero-order chi connectivity index (χ0) is 41.5. The van der Waals surface area contributed by atoms with Crippen molar-refractivity contribution in [2.24, 2.45) is 5.92 Å². The summed E-state index contributed by atoms with van der Waals surface area (Å²) in [7, 11) is 0. The number of nitrogens with zero attached hydrogens (tertiary/aromatic N) is 8. The Bertz CT molecular complexity index is 2360. The molecule has 9 rings (SSSR count). The van der Waals surface area contributed by atoms with E-state index in [0.717, 1.165) is 85.7 Å². The number of hydrogen-bond donors (Lipinski definition) is 4. The fourth-order valence-electron chi connectivity index (χ4n) is 9.21. The zero-order valence-corrected chi connectivity index (χ0v) is 33.4. The minimum Gasteiger partial charge on any atom is -0.375 e. The second-order valence-electron chi connectivity index (χ2n) is 16.6. The van der Waals surface area contributed by atoms with Crippen LogP contribution < -0.4 is 21.3 Å². The predicted molar refractivity (Wildman–Crippen MR) is 218 cm³/mol. The lowest BCUT2D eigenvalue weighted by molar-refractivity contribution is -0.136. The van der Waals surface area contributed by atoms with E-state index in [4.69, 9.17) is 4.98 Å². The summed E-state index contributed by atoms with van der Waals surface area (Å²) in [5.74, 6) is -1.31. The van der Waals surface area contributed by atoms with Crippen molar-refractivity contribution >= 4 is 58.1 Å². The van der Waals surface area contributed by atoms with Gasteiger partial charge in [-0.15, -0.1) is 0 Å². The molecular weight excluding hydrogens is 769 g/mol. The number of imidazole rings is 1. The molecule has 0 radical (unpaired) electrons. The van der Waals surface area contributed by atoms with E-state index in [1.54, 1.807) is 24.5 Å². The third-order valence-corrected chi connectivity index (χ3v) is 12.6. The molecule has 3 aromatic heterocycles. The van der Waals surface area contributed by atoms with E-state index < -0.39 is 29.7 Å². The first kappa shape index (κ1) is 39.2. The number of carbonyl (C=O) groups is 6. The minimum absolute atomic E-state index is 0.0336. The van der Waals surface area contributed by atoms with E-state index in [9.17, 15) is 28.8 Å².